The molecule has 1 saturated heterocycles. The summed E-state index contributed by atoms with van der Waals surface area (Å²) in [4.78, 5) is 0. The molecule has 1 heterocycles. The van der Waals surface area contributed by atoms with Crippen molar-refractivity contribution in [3.63, 3.8) is 0 Å². The van der Waals surface area contributed by atoms with Crippen LogP contribution in [-0.2, 0) is 4.74 Å². The SMILES string of the molecule is NCC1(CC2CCC3(CCCCC3)O2)CCCCC1O. The zero-order valence-corrected chi connectivity index (χ0v) is 12.8. The fourth-order valence-corrected chi connectivity index (χ4v) is 4.90. The molecule has 1 aliphatic heterocycles. The Morgan fingerprint density at radius 2 is 1.70 bits per heavy atom. The molecule has 3 unspecified atom stereocenters. The Kier molecular flexibility index (Phi) is 4.40. The van der Waals surface area contributed by atoms with E-state index in [4.69, 9.17) is 10.5 Å². The first-order valence-electron chi connectivity index (χ1n) is 8.74. The van der Waals surface area contributed by atoms with Crippen molar-refractivity contribution in [1.82, 2.24) is 0 Å². The van der Waals surface area contributed by atoms with Gasteiger partial charge in [-0.25, -0.2) is 0 Å². The highest BCUT2D eigenvalue weighted by Crippen LogP contribution is 2.47. The quantitative estimate of drug-likeness (QED) is 0.835. The number of aliphatic hydroxyl groups excluding tert-OH is 1. The van der Waals surface area contributed by atoms with Crippen LogP contribution in [-0.4, -0.2) is 29.5 Å². The van der Waals surface area contributed by atoms with E-state index in [0.717, 1.165) is 25.7 Å². The molecular weight excluding hydrogens is 250 g/mol. The molecule has 1 spiro atoms. The molecule has 0 aromatic carbocycles. The predicted molar refractivity (Wildman–Crippen MR) is 80.5 cm³/mol. The normalized spacial score (nSPS) is 41.1. The van der Waals surface area contributed by atoms with Crippen LogP contribution in [0.4, 0.5) is 0 Å². The topological polar surface area (TPSA) is 55.5 Å². The number of hydrogen-bond donors (Lipinski definition) is 2. The molecule has 0 aromatic rings. The van der Waals surface area contributed by atoms with E-state index < -0.39 is 0 Å². The summed E-state index contributed by atoms with van der Waals surface area (Å²) < 4.78 is 6.50. The van der Waals surface area contributed by atoms with Gasteiger partial charge in [0.05, 0.1) is 17.8 Å². The lowest BCUT2D eigenvalue weighted by molar-refractivity contribution is -0.0977. The van der Waals surface area contributed by atoms with Crippen LogP contribution < -0.4 is 5.73 Å². The molecule has 3 atom stereocenters. The van der Waals surface area contributed by atoms with Gasteiger partial charge in [-0.05, 0) is 44.9 Å². The lowest BCUT2D eigenvalue weighted by Crippen LogP contribution is -2.46. The van der Waals surface area contributed by atoms with E-state index in [2.05, 4.69) is 0 Å². The molecule has 3 nitrogen and oxygen atoms in total. The fraction of sp³-hybridized carbons (Fsp3) is 1.00. The summed E-state index contributed by atoms with van der Waals surface area (Å²) in [5.41, 5.74) is 6.19. The second-order valence-corrected chi connectivity index (χ2v) is 7.55. The Bertz CT molecular complexity index is 327. The summed E-state index contributed by atoms with van der Waals surface area (Å²) in [6, 6.07) is 0. The van der Waals surface area contributed by atoms with E-state index in [-0.39, 0.29) is 17.1 Å². The van der Waals surface area contributed by atoms with Crippen molar-refractivity contribution in [3.05, 3.63) is 0 Å². The highest BCUT2D eigenvalue weighted by Gasteiger charge is 2.46. The number of ether oxygens (including phenoxy) is 1. The molecule has 3 aliphatic rings. The summed E-state index contributed by atoms with van der Waals surface area (Å²) in [6.07, 6.45) is 14.4. The van der Waals surface area contributed by atoms with Gasteiger partial charge in [0.2, 0.25) is 0 Å². The first kappa shape index (κ1) is 14.8. The predicted octanol–water partition coefficient (Wildman–Crippen LogP) is 3.14. The third-order valence-electron chi connectivity index (χ3n) is 6.25. The van der Waals surface area contributed by atoms with E-state index in [1.54, 1.807) is 0 Å². The van der Waals surface area contributed by atoms with Crippen molar-refractivity contribution < 1.29 is 9.84 Å². The molecule has 0 aromatic heterocycles. The standard InChI is InChI=1S/C17H31NO2/c18-13-16(8-5-2-6-15(16)19)12-14-7-11-17(20-14)9-3-1-4-10-17/h14-15,19H,1-13,18H2. The largest absolute Gasteiger partial charge is 0.392 e. The van der Waals surface area contributed by atoms with Gasteiger partial charge in [0.1, 0.15) is 0 Å². The molecule has 0 radical (unpaired) electrons. The first-order valence-corrected chi connectivity index (χ1v) is 8.74. The minimum absolute atomic E-state index is 0.0664. The van der Waals surface area contributed by atoms with Gasteiger partial charge in [0.25, 0.3) is 0 Å². The van der Waals surface area contributed by atoms with Crippen molar-refractivity contribution in [1.29, 1.82) is 0 Å². The van der Waals surface area contributed by atoms with Gasteiger partial charge in [-0.1, -0.05) is 32.1 Å². The van der Waals surface area contributed by atoms with Gasteiger partial charge in [-0.2, -0.15) is 0 Å². The van der Waals surface area contributed by atoms with Crippen molar-refractivity contribution in [2.24, 2.45) is 11.1 Å². The molecule has 0 bridgehead atoms. The summed E-state index contributed by atoms with van der Waals surface area (Å²) in [5, 5.41) is 10.4. The van der Waals surface area contributed by atoms with Gasteiger partial charge >= 0.3 is 0 Å². The second-order valence-electron chi connectivity index (χ2n) is 7.55. The summed E-state index contributed by atoms with van der Waals surface area (Å²) in [6.45, 7) is 0.612. The van der Waals surface area contributed by atoms with Gasteiger partial charge in [0.15, 0.2) is 0 Å². The Labute approximate surface area is 123 Å². The van der Waals surface area contributed by atoms with E-state index in [9.17, 15) is 5.11 Å². The summed E-state index contributed by atoms with van der Waals surface area (Å²) in [7, 11) is 0. The second kappa shape index (κ2) is 5.94. The zero-order chi connectivity index (χ0) is 14.1. The lowest BCUT2D eigenvalue weighted by atomic mass is 9.68. The Balaban J connectivity index is 1.62. The van der Waals surface area contributed by atoms with E-state index in [0.29, 0.717) is 12.6 Å². The molecular formula is C17H31NO2. The highest BCUT2D eigenvalue weighted by atomic mass is 16.5. The third kappa shape index (κ3) is 2.77. The molecule has 3 N–H and O–H groups in total. The molecule has 116 valence electrons. The van der Waals surface area contributed by atoms with Crippen LogP contribution >= 0.6 is 0 Å². The maximum absolute atomic E-state index is 10.4. The van der Waals surface area contributed by atoms with Crippen molar-refractivity contribution in [2.75, 3.05) is 6.54 Å². The van der Waals surface area contributed by atoms with E-state index >= 15 is 0 Å². The first-order chi connectivity index (χ1) is 9.68. The average Bonchev–Trinajstić information content (AvgIpc) is 2.85. The molecule has 3 heteroatoms. The van der Waals surface area contributed by atoms with Crippen LogP contribution in [0.2, 0.25) is 0 Å². The Morgan fingerprint density at radius 3 is 2.40 bits per heavy atom. The Hall–Kier alpha value is -0.120. The maximum Gasteiger partial charge on any atom is 0.0687 e. The minimum atomic E-state index is -0.215. The van der Waals surface area contributed by atoms with E-state index in [1.807, 2.05) is 0 Å². The van der Waals surface area contributed by atoms with Crippen molar-refractivity contribution >= 4 is 0 Å². The maximum atomic E-state index is 10.4. The lowest BCUT2D eigenvalue weighted by Gasteiger charge is -2.43. The minimum Gasteiger partial charge on any atom is -0.392 e. The number of nitrogens with two attached hydrogens (primary N) is 1. The smallest absolute Gasteiger partial charge is 0.0687 e. The number of hydrogen-bond acceptors (Lipinski definition) is 3. The van der Waals surface area contributed by atoms with Gasteiger partial charge in [0, 0.05) is 12.0 Å². The Morgan fingerprint density at radius 1 is 0.950 bits per heavy atom. The molecule has 20 heavy (non-hydrogen) atoms. The van der Waals surface area contributed by atoms with Gasteiger partial charge in [-0.15, -0.1) is 0 Å². The number of rotatable bonds is 3. The van der Waals surface area contributed by atoms with Crippen molar-refractivity contribution in [3.8, 4) is 0 Å². The molecule has 3 fully saturated rings. The van der Waals surface area contributed by atoms with Crippen LogP contribution in [0, 0.1) is 5.41 Å². The van der Waals surface area contributed by atoms with Gasteiger partial charge < -0.3 is 15.6 Å². The fourth-order valence-electron chi connectivity index (χ4n) is 4.90. The molecule has 2 saturated carbocycles. The summed E-state index contributed by atoms with van der Waals surface area (Å²) >= 11 is 0. The average molecular weight is 281 g/mol. The monoisotopic (exact) mass is 281 g/mol. The molecule has 2 aliphatic carbocycles. The molecule has 0 amide bonds. The van der Waals surface area contributed by atoms with Crippen LogP contribution in [0.1, 0.15) is 77.0 Å². The van der Waals surface area contributed by atoms with Crippen LogP contribution in [0.15, 0.2) is 0 Å². The zero-order valence-electron chi connectivity index (χ0n) is 12.8. The summed E-state index contributed by atoms with van der Waals surface area (Å²) in [5.74, 6) is 0. The third-order valence-corrected chi connectivity index (χ3v) is 6.25. The van der Waals surface area contributed by atoms with Crippen molar-refractivity contribution in [2.45, 2.75) is 94.9 Å². The van der Waals surface area contributed by atoms with Crippen LogP contribution in [0.25, 0.3) is 0 Å². The van der Waals surface area contributed by atoms with Gasteiger partial charge in [-0.3, -0.25) is 0 Å². The number of aliphatic hydroxyl groups is 1. The van der Waals surface area contributed by atoms with Crippen LogP contribution in [0.3, 0.4) is 0 Å². The molecule has 3 rings (SSSR count). The van der Waals surface area contributed by atoms with Crippen LogP contribution in [0.5, 0.6) is 0 Å². The van der Waals surface area contributed by atoms with E-state index in [1.165, 1.54) is 51.4 Å². The highest BCUT2D eigenvalue weighted by molar-refractivity contribution is 4.97.